The number of ether oxygens (including phenoxy) is 1. The van der Waals surface area contributed by atoms with Crippen LogP contribution in [0.1, 0.15) is 24.2 Å². The number of halogens is 1. The summed E-state index contributed by atoms with van der Waals surface area (Å²) >= 11 is 1.21. The molecule has 0 aliphatic heterocycles. The smallest absolute Gasteiger partial charge is 0.279 e. The molecule has 0 aliphatic rings. The van der Waals surface area contributed by atoms with E-state index < -0.39 is 21.7 Å². The Bertz CT molecular complexity index is 1240. The highest BCUT2D eigenvalue weighted by atomic mass is 32.2. The molecule has 0 saturated heterocycles. The van der Waals surface area contributed by atoms with Gasteiger partial charge in [-0.25, -0.2) is 12.8 Å². The summed E-state index contributed by atoms with van der Waals surface area (Å²) in [5.41, 5.74) is 0.617. The lowest BCUT2D eigenvalue weighted by atomic mass is 10.2. The number of carbonyl (C=O) groups excluding carboxylic acids is 1. The van der Waals surface area contributed by atoms with Crippen molar-refractivity contribution in [2.24, 2.45) is 4.99 Å². The first-order valence-corrected chi connectivity index (χ1v) is 12.0. The molecule has 0 bridgehead atoms. The molecule has 0 saturated carbocycles. The molecule has 0 spiro atoms. The number of para-hydroxylation sites is 1. The Kier molecular flexibility index (Phi) is 7.37. The number of thiazole rings is 1. The van der Waals surface area contributed by atoms with Gasteiger partial charge in [0.25, 0.3) is 5.91 Å². The highest BCUT2D eigenvalue weighted by molar-refractivity contribution is 7.89. The fourth-order valence-corrected chi connectivity index (χ4v) is 5.72. The lowest BCUT2D eigenvalue weighted by Gasteiger charge is -2.18. The van der Waals surface area contributed by atoms with Gasteiger partial charge in [0.05, 0.1) is 21.7 Å². The molecule has 2 aromatic carbocycles. The van der Waals surface area contributed by atoms with Crippen LogP contribution in [0.15, 0.2) is 52.4 Å². The van der Waals surface area contributed by atoms with Gasteiger partial charge in [-0.15, -0.1) is 0 Å². The molecule has 31 heavy (non-hydrogen) atoms. The summed E-state index contributed by atoms with van der Waals surface area (Å²) in [7, 11) is -2.06. The molecule has 0 radical (unpaired) electrons. The minimum Gasteiger partial charge on any atom is -0.383 e. The van der Waals surface area contributed by atoms with Crippen LogP contribution >= 0.6 is 11.3 Å². The van der Waals surface area contributed by atoms with Crippen molar-refractivity contribution >= 4 is 37.5 Å². The largest absolute Gasteiger partial charge is 0.383 e. The summed E-state index contributed by atoms with van der Waals surface area (Å²) in [6.45, 7) is 4.93. The Morgan fingerprint density at radius 2 is 1.84 bits per heavy atom. The molecule has 0 fully saturated rings. The zero-order valence-electron chi connectivity index (χ0n) is 17.5. The lowest BCUT2D eigenvalue weighted by molar-refractivity contribution is 0.0997. The normalized spacial score (nSPS) is 12.7. The number of amides is 1. The maximum Gasteiger partial charge on any atom is 0.279 e. The van der Waals surface area contributed by atoms with Crippen LogP contribution in [0.5, 0.6) is 0 Å². The molecule has 1 heterocycles. The van der Waals surface area contributed by atoms with Crippen LogP contribution in [0.25, 0.3) is 10.2 Å². The Hall–Kier alpha value is -2.40. The van der Waals surface area contributed by atoms with Gasteiger partial charge < -0.3 is 9.30 Å². The van der Waals surface area contributed by atoms with E-state index in [1.165, 1.54) is 46.0 Å². The molecule has 0 unspecified atom stereocenters. The van der Waals surface area contributed by atoms with E-state index in [0.717, 1.165) is 0 Å². The number of hydrogen-bond acceptors (Lipinski definition) is 5. The third kappa shape index (κ3) is 4.77. The van der Waals surface area contributed by atoms with Gasteiger partial charge in [0, 0.05) is 32.3 Å². The number of hydrogen-bond donors (Lipinski definition) is 0. The number of methoxy groups -OCH3 is 1. The SMILES string of the molecule is CCN(CC)S(=O)(=O)c1ccc(C(=O)N=c2sc3cccc(F)c3n2CCOC)cc1. The third-order valence-electron chi connectivity index (χ3n) is 4.81. The first-order chi connectivity index (χ1) is 14.8. The number of carbonyl (C=O) groups is 1. The van der Waals surface area contributed by atoms with Gasteiger partial charge in [0.2, 0.25) is 10.0 Å². The van der Waals surface area contributed by atoms with E-state index in [1.807, 2.05) is 0 Å². The van der Waals surface area contributed by atoms with Crippen molar-refractivity contribution in [3.8, 4) is 0 Å². The summed E-state index contributed by atoms with van der Waals surface area (Å²) in [5.74, 6) is -0.936. The minimum atomic E-state index is -3.61. The summed E-state index contributed by atoms with van der Waals surface area (Å²) in [5, 5.41) is 0. The van der Waals surface area contributed by atoms with E-state index >= 15 is 0 Å². The minimum absolute atomic E-state index is 0.117. The molecular formula is C21H24FN3O4S2. The second-order valence-electron chi connectivity index (χ2n) is 6.65. The second-order valence-corrected chi connectivity index (χ2v) is 9.59. The van der Waals surface area contributed by atoms with E-state index in [0.29, 0.717) is 41.3 Å². The van der Waals surface area contributed by atoms with Crippen molar-refractivity contribution in [3.05, 3.63) is 58.6 Å². The molecule has 3 rings (SSSR count). The Morgan fingerprint density at radius 1 is 1.16 bits per heavy atom. The number of sulfonamides is 1. The fourth-order valence-electron chi connectivity index (χ4n) is 3.20. The van der Waals surface area contributed by atoms with Gasteiger partial charge in [-0.1, -0.05) is 31.3 Å². The number of rotatable bonds is 8. The average Bonchev–Trinajstić information content (AvgIpc) is 3.11. The number of benzene rings is 2. The lowest BCUT2D eigenvalue weighted by Crippen LogP contribution is -2.30. The summed E-state index contributed by atoms with van der Waals surface area (Å²) < 4.78 is 48.3. The van der Waals surface area contributed by atoms with E-state index in [9.17, 15) is 17.6 Å². The zero-order chi connectivity index (χ0) is 22.6. The number of aromatic nitrogens is 1. The maximum absolute atomic E-state index is 14.4. The van der Waals surface area contributed by atoms with Crippen LogP contribution in [-0.2, 0) is 21.3 Å². The Balaban J connectivity index is 1.99. The Labute approximate surface area is 184 Å². The molecule has 3 aromatic rings. The first-order valence-electron chi connectivity index (χ1n) is 9.79. The van der Waals surface area contributed by atoms with Crippen LogP contribution in [0.3, 0.4) is 0 Å². The standard InChI is InChI=1S/C21H24FN3O4S2/c1-4-24(5-2)31(27,28)16-11-9-15(10-12-16)20(26)23-21-25(13-14-29-3)19-17(22)7-6-8-18(19)30-21/h6-12H,4-5,13-14H2,1-3H3. The van der Waals surface area contributed by atoms with Gasteiger partial charge in [0.1, 0.15) is 5.82 Å². The first kappa shape index (κ1) is 23.3. The predicted octanol–water partition coefficient (Wildman–Crippen LogP) is 3.26. The van der Waals surface area contributed by atoms with E-state index in [-0.39, 0.29) is 10.5 Å². The van der Waals surface area contributed by atoms with Crippen LogP contribution in [0, 0.1) is 5.82 Å². The highest BCUT2D eigenvalue weighted by Gasteiger charge is 2.21. The Morgan fingerprint density at radius 3 is 2.45 bits per heavy atom. The fraction of sp³-hybridized carbons (Fsp3) is 0.333. The molecule has 0 aliphatic carbocycles. The van der Waals surface area contributed by atoms with Crippen molar-refractivity contribution in [1.82, 2.24) is 8.87 Å². The quantitative estimate of drug-likeness (QED) is 0.511. The van der Waals surface area contributed by atoms with Crippen LogP contribution in [-0.4, -0.2) is 50.0 Å². The van der Waals surface area contributed by atoms with Gasteiger partial charge in [-0.3, -0.25) is 4.79 Å². The molecule has 166 valence electrons. The van der Waals surface area contributed by atoms with E-state index in [1.54, 1.807) is 37.7 Å². The average molecular weight is 466 g/mol. The van der Waals surface area contributed by atoms with Gasteiger partial charge in [-0.05, 0) is 36.4 Å². The number of fused-ring (bicyclic) bond motifs is 1. The van der Waals surface area contributed by atoms with Gasteiger partial charge >= 0.3 is 0 Å². The maximum atomic E-state index is 14.4. The summed E-state index contributed by atoms with van der Waals surface area (Å²) in [6.07, 6.45) is 0. The van der Waals surface area contributed by atoms with Crippen molar-refractivity contribution in [3.63, 3.8) is 0 Å². The van der Waals surface area contributed by atoms with Crippen LogP contribution in [0.2, 0.25) is 0 Å². The van der Waals surface area contributed by atoms with Crippen molar-refractivity contribution in [1.29, 1.82) is 0 Å². The van der Waals surface area contributed by atoms with Crippen molar-refractivity contribution in [2.45, 2.75) is 25.3 Å². The monoisotopic (exact) mass is 465 g/mol. The van der Waals surface area contributed by atoms with Crippen molar-refractivity contribution in [2.75, 3.05) is 26.8 Å². The zero-order valence-corrected chi connectivity index (χ0v) is 19.2. The molecule has 0 N–H and O–H groups in total. The topological polar surface area (TPSA) is 81.0 Å². The van der Waals surface area contributed by atoms with Gasteiger partial charge in [0.15, 0.2) is 4.80 Å². The summed E-state index contributed by atoms with van der Waals surface area (Å²) in [4.78, 5) is 17.4. The highest BCUT2D eigenvalue weighted by Crippen LogP contribution is 2.21. The van der Waals surface area contributed by atoms with Gasteiger partial charge in [-0.2, -0.15) is 9.30 Å². The predicted molar refractivity (Wildman–Crippen MR) is 118 cm³/mol. The molecule has 7 nitrogen and oxygen atoms in total. The second kappa shape index (κ2) is 9.82. The van der Waals surface area contributed by atoms with E-state index in [2.05, 4.69) is 4.99 Å². The molecule has 0 atom stereocenters. The summed E-state index contributed by atoms with van der Waals surface area (Å²) in [6, 6.07) is 10.4. The van der Waals surface area contributed by atoms with Crippen LogP contribution in [0.4, 0.5) is 4.39 Å². The molecular weight excluding hydrogens is 441 g/mol. The van der Waals surface area contributed by atoms with E-state index in [4.69, 9.17) is 4.74 Å². The molecule has 1 aromatic heterocycles. The molecule has 1 amide bonds. The molecule has 10 heteroatoms. The number of nitrogens with zero attached hydrogens (tertiary/aromatic N) is 3. The van der Waals surface area contributed by atoms with Crippen molar-refractivity contribution < 1.29 is 22.3 Å². The van der Waals surface area contributed by atoms with Crippen LogP contribution < -0.4 is 4.80 Å². The third-order valence-corrected chi connectivity index (χ3v) is 7.92.